The Kier molecular flexibility index (Phi) is 4.83. The zero-order valence-corrected chi connectivity index (χ0v) is 15.5. The maximum absolute atomic E-state index is 12.9. The van der Waals surface area contributed by atoms with Crippen molar-refractivity contribution in [1.82, 2.24) is 0 Å². The van der Waals surface area contributed by atoms with E-state index in [-0.39, 0.29) is 51.0 Å². The molecule has 0 aliphatic heterocycles. The largest absolute Gasteiger partial charge is 0.507 e. The summed E-state index contributed by atoms with van der Waals surface area (Å²) in [4.78, 5) is 12.9. The molecule has 1 heterocycles. The fraction of sp³-hybridized carbons (Fsp3) is 0.211. The molecule has 0 unspecified atom stereocenters. The lowest BCUT2D eigenvalue weighted by Gasteiger charge is -2.15. The summed E-state index contributed by atoms with van der Waals surface area (Å²) in [5.41, 5.74) is -0.766. The van der Waals surface area contributed by atoms with Crippen LogP contribution in [0.15, 0.2) is 27.4 Å². The second-order valence-corrected chi connectivity index (χ2v) is 5.67. The van der Waals surface area contributed by atoms with Gasteiger partial charge in [-0.1, -0.05) is 0 Å². The summed E-state index contributed by atoms with van der Waals surface area (Å²) in [6.07, 6.45) is 0. The predicted octanol–water partition coefficient (Wildman–Crippen LogP) is 2.61. The number of hydrogen-bond acceptors (Lipinski definition) is 9. The Morgan fingerprint density at radius 3 is 1.96 bits per heavy atom. The number of hydrogen-bond donors (Lipinski definition) is 3. The van der Waals surface area contributed by atoms with Crippen LogP contribution in [0, 0.1) is 0 Å². The second kappa shape index (κ2) is 7.10. The van der Waals surface area contributed by atoms with Gasteiger partial charge in [-0.2, -0.15) is 0 Å². The summed E-state index contributed by atoms with van der Waals surface area (Å²) in [7, 11) is 5.30. The topological polar surface area (TPSA) is 128 Å². The first kappa shape index (κ1) is 19.0. The van der Waals surface area contributed by atoms with Crippen LogP contribution in [0.4, 0.5) is 0 Å². The van der Waals surface area contributed by atoms with Crippen molar-refractivity contribution in [3.63, 3.8) is 0 Å². The highest BCUT2D eigenvalue weighted by Gasteiger charge is 2.25. The molecule has 0 saturated heterocycles. The van der Waals surface area contributed by atoms with E-state index in [4.69, 9.17) is 23.4 Å². The number of phenolic OH excluding ortho intramolecular Hbond substituents is 3. The molecule has 9 heteroatoms. The molecule has 3 N–H and O–H groups in total. The van der Waals surface area contributed by atoms with Crippen LogP contribution in [0.1, 0.15) is 0 Å². The van der Waals surface area contributed by atoms with Crippen molar-refractivity contribution < 1.29 is 38.7 Å². The van der Waals surface area contributed by atoms with Crippen LogP contribution < -0.4 is 24.4 Å². The van der Waals surface area contributed by atoms with Crippen molar-refractivity contribution in [2.24, 2.45) is 0 Å². The van der Waals surface area contributed by atoms with Gasteiger partial charge >= 0.3 is 0 Å². The van der Waals surface area contributed by atoms with E-state index in [1.54, 1.807) is 0 Å². The van der Waals surface area contributed by atoms with E-state index in [0.717, 1.165) is 6.07 Å². The van der Waals surface area contributed by atoms with Crippen LogP contribution >= 0.6 is 0 Å². The van der Waals surface area contributed by atoms with Crippen LogP contribution in [-0.2, 0) is 0 Å². The second-order valence-electron chi connectivity index (χ2n) is 5.67. The lowest BCUT2D eigenvalue weighted by Crippen LogP contribution is -2.08. The molecule has 148 valence electrons. The van der Waals surface area contributed by atoms with Gasteiger partial charge in [0.2, 0.25) is 16.9 Å². The highest BCUT2D eigenvalue weighted by Crippen LogP contribution is 2.46. The van der Waals surface area contributed by atoms with Gasteiger partial charge in [0.05, 0.1) is 34.0 Å². The fourth-order valence-corrected chi connectivity index (χ4v) is 2.90. The minimum absolute atomic E-state index is 0.0864. The van der Waals surface area contributed by atoms with Crippen molar-refractivity contribution in [2.45, 2.75) is 0 Å². The molecular weight excluding hydrogens is 372 g/mol. The molecule has 3 rings (SSSR count). The number of aromatic hydroxyl groups is 3. The third-order valence-corrected chi connectivity index (χ3v) is 4.21. The Balaban J connectivity index is 2.42. The molecule has 0 bridgehead atoms. The number of ether oxygens (including phenoxy) is 4. The Hall–Kier alpha value is -3.75. The quantitative estimate of drug-likeness (QED) is 0.602. The van der Waals surface area contributed by atoms with Crippen LogP contribution in [0.3, 0.4) is 0 Å². The minimum Gasteiger partial charge on any atom is -0.507 e. The number of rotatable bonds is 5. The van der Waals surface area contributed by atoms with Gasteiger partial charge in [0, 0.05) is 12.1 Å². The van der Waals surface area contributed by atoms with Gasteiger partial charge in [0.25, 0.3) is 0 Å². The molecule has 0 amide bonds. The SMILES string of the molecule is COc1cc(O)c(-c2oc3cc(O)c(OC)c(O)c3c(=O)c2OC)cc1OC. The van der Waals surface area contributed by atoms with Crippen molar-refractivity contribution >= 4 is 11.0 Å². The van der Waals surface area contributed by atoms with Crippen molar-refractivity contribution in [3.8, 4) is 51.6 Å². The van der Waals surface area contributed by atoms with E-state index in [0.29, 0.717) is 0 Å². The Morgan fingerprint density at radius 2 is 1.39 bits per heavy atom. The summed E-state index contributed by atoms with van der Waals surface area (Å²) in [6.45, 7) is 0. The first-order chi connectivity index (χ1) is 13.4. The zero-order valence-electron chi connectivity index (χ0n) is 15.5. The lowest BCUT2D eigenvalue weighted by molar-refractivity contribution is 0.345. The maximum atomic E-state index is 12.9. The molecule has 1 aromatic heterocycles. The summed E-state index contributed by atoms with van der Waals surface area (Å²) >= 11 is 0. The van der Waals surface area contributed by atoms with E-state index in [1.807, 2.05) is 0 Å². The van der Waals surface area contributed by atoms with Gasteiger partial charge in [0.15, 0.2) is 28.8 Å². The maximum Gasteiger partial charge on any atom is 0.239 e. The average molecular weight is 390 g/mol. The molecule has 0 saturated carbocycles. The average Bonchev–Trinajstić information content (AvgIpc) is 2.67. The number of methoxy groups -OCH3 is 4. The lowest BCUT2D eigenvalue weighted by atomic mass is 10.1. The normalized spacial score (nSPS) is 10.7. The Morgan fingerprint density at radius 1 is 0.786 bits per heavy atom. The van der Waals surface area contributed by atoms with Gasteiger partial charge in [0.1, 0.15) is 16.7 Å². The molecule has 2 aromatic carbocycles. The van der Waals surface area contributed by atoms with Crippen LogP contribution in [-0.4, -0.2) is 43.8 Å². The minimum atomic E-state index is -0.719. The van der Waals surface area contributed by atoms with E-state index in [2.05, 4.69) is 0 Å². The monoisotopic (exact) mass is 390 g/mol. The highest BCUT2D eigenvalue weighted by atomic mass is 16.5. The summed E-state index contributed by atoms with van der Waals surface area (Å²) in [6, 6.07) is 3.82. The Bertz CT molecular complexity index is 1120. The number of benzene rings is 2. The first-order valence-corrected chi connectivity index (χ1v) is 7.96. The molecule has 0 fully saturated rings. The molecule has 0 aliphatic rings. The summed E-state index contributed by atoms with van der Waals surface area (Å²) < 4.78 is 26.1. The fourth-order valence-electron chi connectivity index (χ4n) is 2.90. The van der Waals surface area contributed by atoms with Gasteiger partial charge < -0.3 is 38.7 Å². The predicted molar refractivity (Wildman–Crippen MR) is 99.1 cm³/mol. The van der Waals surface area contributed by atoms with Gasteiger partial charge in [-0.15, -0.1) is 0 Å². The molecule has 0 aliphatic carbocycles. The molecule has 9 nitrogen and oxygen atoms in total. The number of phenols is 3. The summed E-state index contributed by atoms with van der Waals surface area (Å²) in [5.74, 6) is -1.40. The highest BCUT2D eigenvalue weighted by molar-refractivity contribution is 5.91. The number of fused-ring (bicyclic) bond motifs is 1. The molecule has 0 radical (unpaired) electrons. The van der Waals surface area contributed by atoms with E-state index in [9.17, 15) is 20.1 Å². The van der Waals surface area contributed by atoms with Gasteiger partial charge in [-0.25, -0.2) is 0 Å². The molecule has 3 aromatic rings. The molecular formula is C19H18O9. The van der Waals surface area contributed by atoms with Gasteiger partial charge in [-0.05, 0) is 6.07 Å². The van der Waals surface area contributed by atoms with Gasteiger partial charge in [-0.3, -0.25) is 4.79 Å². The molecule has 0 spiro atoms. The van der Waals surface area contributed by atoms with Crippen molar-refractivity contribution in [2.75, 3.05) is 28.4 Å². The molecule has 0 atom stereocenters. The van der Waals surface area contributed by atoms with Crippen molar-refractivity contribution in [1.29, 1.82) is 0 Å². The van der Waals surface area contributed by atoms with Crippen molar-refractivity contribution in [3.05, 3.63) is 28.4 Å². The Labute approximate surface area is 158 Å². The van der Waals surface area contributed by atoms with E-state index in [1.165, 1.54) is 40.6 Å². The molecule has 28 heavy (non-hydrogen) atoms. The zero-order chi connectivity index (χ0) is 20.6. The van der Waals surface area contributed by atoms with Crippen LogP contribution in [0.2, 0.25) is 0 Å². The van der Waals surface area contributed by atoms with E-state index >= 15 is 0 Å². The van der Waals surface area contributed by atoms with Crippen LogP contribution in [0.5, 0.6) is 40.2 Å². The standard InChI is InChI=1S/C19H18O9/c1-24-11-5-8(9(20)6-12(11)25-2)17-19(27-4)16(23)14-13(28-17)7-10(21)18(26-3)15(14)22/h5-7,20-22H,1-4H3. The van der Waals surface area contributed by atoms with E-state index < -0.39 is 16.9 Å². The smallest absolute Gasteiger partial charge is 0.239 e. The summed E-state index contributed by atoms with van der Waals surface area (Å²) in [5, 5.41) is 30.5. The third-order valence-electron chi connectivity index (χ3n) is 4.21. The van der Waals surface area contributed by atoms with Crippen LogP contribution in [0.25, 0.3) is 22.3 Å². The third kappa shape index (κ3) is 2.77. The first-order valence-electron chi connectivity index (χ1n) is 7.96.